The fraction of sp³-hybridized carbons (Fsp3) is 0.280. The van der Waals surface area contributed by atoms with Crippen molar-refractivity contribution in [3.63, 3.8) is 0 Å². The number of benzene rings is 2. The average Bonchev–Trinajstić information content (AvgIpc) is 3.25. The predicted molar refractivity (Wildman–Crippen MR) is 131 cm³/mol. The van der Waals surface area contributed by atoms with E-state index in [9.17, 15) is 4.79 Å². The van der Waals surface area contributed by atoms with E-state index in [4.69, 9.17) is 9.47 Å². The maximum Gasteiger partial charge on any atom is 0.250 e. The Morgan fingerprint density at radius 2 is 1.88 bits per heavy atom. The van der Waals surface area contributed by atoms with Crippen LogP contribution in [0.25, 0.3) is 17.3 Å². The van der Waals surface area contributed by atoms with Crippen molar-refractivity contribution in [2.45, 2.75) is 13.3 Å². The van der Waals surface area contributed by atoms with Crippen LogP contribution in [0.3, 0.4) is 0 Å². The number of carbonyl (C=O) groups is 1. The third-order valence-corrected chi connectivity index (χ3v) is 5.23. The summed E-state index contributed by atoms with van der Waals surface area (Å²) in [6.45, 7) is 4.18. The number of aromatic nitrogens is 1. The van der Waals surface area contributed by atoms with Gasteiger partial charge >= 0.3 is 0 Å². The zero-order chi connectivity index (χ0) is 22.8. The Morgan fingerprint density at radius 1 is 1.09 bits per heavy atom. The second-order valence-electron chi connectivity index (χ2n) is 7.43. The van der Waals surface area contributed by atoms with Crippen LogP contribution in [0.2, 0.25) is 0 Å². The van der Waals surface area contributed by atoms with E-state index in [1.165, 1.54) is 17.4 Å². The lowest BCUT2D eigenvalue weighted by molar-refractivity contribution is -0.111. The molecule has 1 aromatic heterocycles. The summed E-state index contributed by atoms with van der Waals surface area (Å²) in [6, 6.07) is 15.4. The maximum absolute atomic E-state index is 12.3. The highest BCUT2D eigenvalue weighted by molar-refractivity contribution is 7.14. The van der Waals surface area contributed by atoms with Gasteiger partial charge in [0, 0.05) is 23.6 Å². The SMILES string of the molecule is CCCOc1ccc(/C=C/C(=O)Nc2nc(-c3ccccc3OCCN(C)C)cs2)cc1. The van der Waals surface area contributed by atoms with Crippen LogP contribution in [0.15, 0.2) is 60.0 Å². The van der Waals surface area contributed by atoms with E-state index in [1.807, 2.05) is 68.0 Å². The highest BCUT2D eigenvalue weighted by Gasteiger charge is 2.11. The number of thiazole rings is 1. The average molecular weight is 452 g/mol. The van der Waals surface area contributed by atoms with Gasteiger partial charge in [-0.25, -0.2) is 4.98 Å². The van der Waals surface area contributed by atoms with E-state index < -0.39 is 0 Å². The topological polar surface area (TPSA) is 63.7 Å². The third kappa shape index (κ3) is 7.21. The summed E-state index contributed by atoms with van der Waals surface area (Å²) >= 11 is 1.38. The molecule has 0 unspecified atom stereocenters. The number of carbonyl (C=O) groups excluding carboxylic acids is 1. The van der Waals surface area contributed by atoms with Crippen LogP contribution in [-0.2, 0) is 4.79 Å². The monoisotopic (exact) mass is 451 g/mol. The minimum Gasteiger partial charge on any atom is -0.494 e. The van der Waals surface area contributed by atoms with Crippen molar-refractivity contribution >= 4 is 28.5 Å². The van der Waals surface area contributed by atoms with Crippen molar-refractivity contribution in [1.82, 2.24) is 9.88 Å². The first-order valence-corrected chi connectivity index (χ1v) is 11.5. The van der Waals surface area contributed by atoms with Crippen LogP contribution in [0.1, 0.15) is 18.9 Å². The van der Waals surface area contributed by atoms with Gasteiger partial charge in [0.25, 0.3) is 0 Å². The molecule has 0 aliphatic rings. The van der Waals surface area contributed by atoms with Gasteiger partial charge in [-0.1, -0.05) is 31.2 Å². The highest BCUT2D eigenvalue weighted by atomic mass is 32.1. The number of amides is 1. The summed E-state index contributed by atoms with van der Waals surface area (Å²) in [5.41, 5.74) is 2.61. The lowest BCUT2D eigenvalue weighted by atomic mass is 10.1. The second-order valence-corrected chi connectivity index (χ2v) is 8.28. The summed E-state index contributed by atoms with van der Waals surface area (Å²) in [7, 11) is 4.02. The molecule has 0 saturated heterocycles. The molecule has 0 fully saturated rings. The van der Waals surface area contributed by atoms with Crippen molar-refractivity contribution < 1.29 is 14.3 Å². The van der Waals surface area contributed by atoms with Gasteiger partial charge in [-0.2, -0.15) is 0 Å². The first-order valence-electron chi connectivity index (χ1n) is 10.6. The first-order chi connectivity index (χ1) is 15.5. The van der Waals surface area contributed by atoms with E-state index in [0.717, 1.165) is 41.3 Å². The van der Waals surface area contributed by atoms with E-state index >= 15 is 0 Å². The normalized spacial score (nSPS) is 11.1. The number of anilines is 1. The van der Waals surface area contributed by atoms with Gasteiger partial charge in [-0.05, 0) is 56.4 Å². The van der Waals surface area contributed by atoms with Crippen LogP contribution in [0, 0.1) is 0 Å². The van der Waals surface area contributed by atoms with Crippen molar-refractivity contribution in [1.29, 1.82) is 0 Å². The standard InChI is InChI=1S/C25H29N3O3S/c1-4-16-30-20-12-9-19(10-13-20)11-14-24(29)27-25-26-22(18-32-25)21-7-5-6-8-23(21)31-17-15-28(2)3/h5-14,18H,4,15-17H2,1-3H3,(H,26,27,29)/b14-11+. The Morgan fingerprint density at radius 3 is 2.62 bits per heavy atom. The summed E-state index contributed by atoms with van der Waals surface area (Å²) in [6.07, 6.45) is 4.23. The summed E-state index contributed by atoms with van der Waals surface area (Å²) < 4.78 is 11.5. The number of para-hydroxylation sites is 1. The minimum absolute atomic E-state index is 0.229. The molecule has 3 aromatic rings. The molecule has 0 atom stereocenters. The number of rotatable bonds is 11. The second kappa shape index (κ2) is 12.0. The van der Waals surface area contributed by atoms with Crippen molar-refractivity contribution in [3.8, 4) is 22.8 Å². The fourth-order valence-electron chi connectivity index (χ4n) is 2.81. The van der Waals surface area contributed by atoms with Gasteiger partial charge in [0.15, 0.2) is 5.13 Å². The van der Waals surface area contributed by atoms with Crippen molar-refractivity contribution in [3.05, 3.63) is 65.6 Å². The van der Waals surface area contributed by atoms with Crippen LogP contribution >= 0.6 is 11.3 Å². The third-order valence-electron chi connectivity index (χ3n) is 4.47. The van der Waals surface area contributed by atoms with Crippen molar-refractivity contribution in [2.75, 3.05) is 39.2 Å². The highest BCUT2D eigenvalue weighted by Crippen LogP contribution is 2.32. The molecule has 7 heteroatoms. The molecule has 1 N–H and O–H groups in total. The molecule has 0 saturated carbocycles. The minimum atomic E-state index is -0.229. The van der Waals surface area contributed by atoms with Crippen LogP contribution in [0.4, 0.5) is 5.13 Å². The molecule has 0 aliphatic heterocycles. The Labute approximate surface area is 193 Å². The lowest BCUT2D eigenvalue weighted by Gasteiger charge is -2.13. The fourth-order valence-corrected chi connectivity index (χ4v) is 3.52. The van der Waals surface area contributed by atoms with E-state index in [0.29, 0.717) is 18.3 Å². The number of likely N-dealkylation sites (N-methyl/N-ethyl adjacent to an activating group) is 1. The van der Waals surface area contributed by atoms with Gasteiger partial charge in [0.1, 0.15) is 18.1 Å². The number of hydrogen-bond acceptors (Lipinski definition) is 6. The number of hydrogen-bond donors (Lipinski definition) is 1. The molecular weight excluding hydrogens is 422 g/mol. The predicted octanol–water partition coefficient (Wildman–Crippen LogP) is 5.19. The molecule has 0 aliphatic carbocycles. The summed E-state index contributed by atoms with van der Waals surface area (Å²) in [5, 5.41) is 5.29. The van der Waals surface area contributed by atoms with Gasteiger partial charge in [0.05, 0.1) is 12.3 Å². The van der Waals surface area contributed by atoms with E-state index in [1.54, 1.807) is 6.08 Å². The van der Waals surface area contributed by atoms with Crippen LogP contribution < -0.4 is 14.8 Å². The lowest BCUT2D eigenvalue weighted by Crippen LogP contribution is -2.19. The summed E-state index contributed by atoms with van der Waals surface area (Å²) in [4.78, 5) is 19.0. The van der Waals surface area contributed by atoms with Gasteiger partial charge in [-0.3, -0.25) is 10.1 Å². The number of nitrogens with zero attached hydrogens (tertiary/aromatic N) is 2. The molecule has 32 heavy (non-hydrogen) atoms. The Balaban J connectivity index is 1.59. The van der Waals surface area contributed by atoms with E-state index in [-0.39, 0.29) is 5.91 Å². The molecule has 0 bridgehead atoms. The maximum atomic E-state index is 12.3. The van der Waals surface area contributed by atoms with Gasteiger partial charge < -0.3 is 14.4 Å². The van der Waals surface area contributed by atoms with Crippen LogP contribution in [-0.4, -0.2) is 49.6 Å². The molecule has 2 aromatic carbocycles. The molecule has 0 radical (unpaired) electrons. The van der Waals surface area contributed by atoms with Gasteiger partial charge in [-0.15, -0.1) is 11.3 Å². The Hall–Kier alpha value is -3.16. The largest absolute Gasteiger partial charge is 0.494 e. The Kier molecular flexibility index (Phi) is 8.83. The quantitative estimate of drug-likeness (QED) is 0.407. The molecule has 1 heterocycles. The summed E-state index contributed by atoms with van der Waals surface area (Å²) in [5.74, 6) is 1.38. The molecule has 168 valence electrons. The van der Waals surface area contributed by atoms with E-state index in [2.05, 4.69) is 22.1 Å². The van der Waals surface area contributed by atoms with Crippen LogP contribution in [0.5, 0.6) is 11.5 Å². The molecule has 6 nitrogen and oxygen atoms in total. The smallest absolute Gasteiger partial charge is 0.250 e. The number of ether oxygens (including phenoxy) is 2. The first kappa shape index (κ1) is 23.5. The number of nitrogens with one attached hydrogen (secondary N) is 1. The van der Waals surface area contributed by atoms with Crippen molar-refractivity contribution in [2.24, 2.45) is 0 Å². The molecular formula is C25H29N3O3S. The molecule has 0 spiro atoms. The van der Waals surface area contributed by atoms with Gasteiger partial charge in [0.2, 0.25) is 5.91 Å². The zero-order valence-corrected chi connectivity index (χ0v) is 19.5. The molecule has 1 amide bonds. The Bertz CT molecular complexity index is 1030. The molecule has 3 rings (SSSR count). The zero-order valence-electron chi connectivity index (χ0n) is 18.7.